The van der Waals surface area contributed by atoms with Crippen LogP contribution < -0.4 is 10.1 Å². The molecule has 0 saturated carbocycles. The fraction of sp³-hybridized carbons (Fsp3) is 0.321. The monoisotopic (exact) mass is 484 g/mol. The van der Waals surface area contributed by atoms with Crippen molar-refractivity contribution in [2.45, 2.75) is 18.5 Å². The van der Waals surface area contributed by atoms with Gasteiger partial charge in [-0.25, -0.2) is 4.79 Å². The van der Waals surface area contributed by atoms with Crippen LogP contribution in [-0.2, 0) is 21.7 Å². The molecule has 3 aromatic carbocycles. The second-order valence-corrected chi connectivity index (χ2v) is 9.62. The molecule has 3 heterocycles. The van der Waals surface area contributed by atoms with Crippen LogP contribution >= 0.6 is 0 Å². The van der Waals surface area contributed by atoms with Gasteiger partial charge in [0.05, 0.1) is 6.61 Å². The van der Waals surface area contributed by atoms with E-state index in [1.54, 1.807) is 17.0 Å². The minimum atomic E-state index is -1.16. The molecule has 2 saturated heterocycles. The number of para-hydroxylation sites is 1. The third-order valence-electron chi connectivity index (χ3n) is 7.55. The van der Waals surface area contributed by atoms with Gasteiger partial charge in [0.1, 0.15) is 12.3 Å². The van der Waals surface area contributed by atoms with Gasteiger partial charge in [-0.2, -0.15) is 0 Å². The van der Waals surface area contributed by atoms with Crippen LogP contribution in [0.25, 0.3) is 10.8 Å². The van der Waals surface area contributed by atoms with E-state index in [0.29, 0.717) is 37.4 Å². The van der Waals surface area contributed by atoms with Gasteiger partial charge in [0.2, 0.25) is 5.91 Å². The molecule has 6 rings (SSSR count). The van der Waals surface area contributed by atoms with Crippen molar-refractivity contribution in [3.05, 3.63) is 77.9 Å². The first kappa shape index (κ1) is 22.5. The van der Waals surface area contributed by atoms with Crippen LogP contribution in [0.4, 0.5) is 4.79 Å². The molecule has 0 aliphatic carbocycles. The van der Waals surface area contributed by atoms with E-state index in [-0.39, 0.29) is 18.4 Å². The summed E-state index contributed by atoms with van der Waals surface area (Å²) in [6, 6.07) is 21.4. The number of hydrogen-bond acceptors (Lipinski definition) is 5. The minimum Gasteiger partial charge on any atom is -0.493 e. The fourth-order valence-electron chi connectivity index (χ4n) is 5.58. The molecular formula is C28H28N4O4. The predicted molar refractivity (Wildman–Crippen MR) is 134 cm³/mol. The molecule has 184 valence electrons. The molecule has 0 radical (unpaired) electrons. The van der Waals surface area contributed by atoms with Gasteiger partial charge in [0.15, 0.2) is 5.54 Å². The lowest BCUT2D eigenvalue weighted by molar-refractivity contribution is -0.140. The lowest BCUT2D eigenvalue weighted by atomic mass is 9.84. The van der Waals surface area contributed by atoms with E-state index in [1.165, 1.54) is 16.3 Å². The molecule has 1 atom stereocenters. The van der Waals surface area contributed by atoms with Crippen LogP contribution in [0, 0.1) is 0 Å². The van der Waals surface area contributed by atoms with Gasteiger partial charge in [-0.1, -0.05) is 60.7 Å². The largest absolute Gasteiger partial charge is 0.493 e. The molecule has 0 aromatic heterocycles. The number of amides is 4. The summed E-state index contributed by atoms with van der Waals surface area (Å²) in [5.74, 6) is -0.000194. The summed E-state index contributed by atoms with van der Waals surface area (Å²) in [7, 11) is 0. The summed E-state index contributed by atoms with van der Waals surface area (Å²) in [6.07, 6.45) is 0.339. The Kier molecular flexibility index (Phi) is 5.60. The highest BCUT2D eigenvalue weighted by Gasteiger charge is 2.55. The number of imide groups is 1. The first-order valence-electron chi connectivity index (χ1n) is 12.4. The van der Waals surface area contributed by atoms with Crippen molar-refractivity contribution in [3.63, 3.8) is 0 Å². The molecule has 1 N–H and O–H groups in total. The second-order valence-electron chi connectivity index (χ2n) is 9.62. The van der Waals surface area contributed by atoms with Crippen LogP contribution in [-0.4, -0.2) is 71.9 Å². The van der Waals surface area contributed by atoms with Gasteiger partial charge in [0, 0.05) is 44.7 Å². The van der Waals surface area contributed by atoms with Crippen molar-refractivity contribution in [1.29, 1.82) is 0 Å². The van der Waals surface area contributed by atoms with Gasteiger partial charge in [-0.15, -0.1) is 0 Å². The van der Waals surface area contributed by atoms with E-state index in [2.05, 4.69) is 46.6 Å². The molecule has 3 aliphatic heterocycles. The van der Waals surface area contributed by atoms with Crippen molar-refractivity contribution in [3.8, 4) is 5.75 Å². The first-order chi connectivity index (χ1) is 17.5. The summed E-state index contributed by atoms with van der Waals surface area (Å²) in [4.78, 5) is 44.5. The van der Waals surface area contributed by atoms with Crippen LogP contribution in [0.15, 0.2) is 66.7 Å². The summed E-state index contributed by atoms with van der Waals surface area (Å²) < 4.78 is 5.68. The van der Waals surface area contributed by atoms with Gasteiger partial charge in [0.25, 0.3) is 5.91 Å². The number of nitrogens with zero attached hydrogens (tertiary/aromatic N) is 3. The Morgan fingerprint density at radius 1 is 0.917 bits per heavy atom. The van der Waals surface area contributed by atoms with Gasteiger partial charge in [-0.3, -0.25) is 19.4 Å². The second kappa shape index (κ2) is 8.95. The average Bonchev–Trinajstić information content (AvgIpc) is 3.14. The molecule has 0 bridgehead atoms. The Morgan fingerprint density at radius 2 is 1.67 bits per heavy atom. The number of urea groups is 1. The number of rotatable bonds is 4. The van der Waals surface area contributed by atoms with E-state index in [0.717, 1.165) is 24.5 Å². The number of ether oxygens (including phenoxy) is 1. The molecule has 1 spiro atoms. The zero-order valence-electron chi connectivity index (χ0n) is 20.0. The number of carbonyl (C=O) groups excluding carboxylic acids is 3. The van der Waals surface area contributed by atoms with Crippen LogP contribution in [0.2, 0.25) is 0 Å². The summed E-state index contributed by atoms with van der Waals surface area (Å²) >= 11 is 0. The van der Waals surface area contributed by atoms with Crippen LogP contribution in [0.5, 0.6) is 5.75 Å². The van der Waals surface area contributed by atoms with Crippen molar-refractivity contribution in [2.75, 3.05) is 39.3 Å². The van der Waals surface area contributed by atoms with Crippen molar-refractivity contribution >= 4 is 28.6 Å². The lowest BCUT2D eigenvalue weighted by Gasteiger charge is -2.35. The summed E-state index contributed by atoms with van der Waals surface area (Å²) in [5, 5.41) is 5.34. The maximum absolute atomic E-state index is 13.4. The highest BCUT2D eigenvalue weighted by Crippen LogP contribution is 2.40. The molecule has 1 unspecified atom stereocenters. The Morgan fingerprint density at radius 3 is 2.53 bits per heavy atom. The van der Waals surface area contributed by atoms with Crippen molar-refractivity contribution in [2.24, 2.45) is 0 Å². The number of carbonyl (C=O) groups is 3. The Labute approximate surface area is 209 Å². The van der Waals surface area contributed by atoms with E-state index in [4.69, 9.17) is 4.74 Å². The minimum absolute atomic E-state index is 0.208. The molecule has 8 heteroatoms. The summed E-state index contributed by atoms with van der Waals surface area (Å²) in [6.45, 7) is 3.50. The smallest absolute Gasteiger partial charge is 0.325 e. The molecule has 3 aromatic rings. The average molecular weight is 485 g/mol. The van der Waals surface area contributed by atoms with Gasteiger partial charge >= 0.3 is 6.03 Å². The Hall–Kier alpha value is -3.91. The molecule has 36 heavy (non-hydrogen) atoms. The van der Waals surface area contributed by atoms with E-state index in [1.807, 2.05) is 18.2 Å². The van der Waals surface area contributed by atoms with Crippen molar-refractivity contribution < 1.29 is 19.1 Å². The number of fused-ring (bicyclic) bond motifs is 3. The van der Waals surface area contributed by atoms with E-state index in [9.17, 15) is 14.4 Å². The SMILES string of the molecule is O=C(CN1C(=O)NC2(CCOc3ccccc32)C1=O)N1CCN(Cc2cccc3ccccc23)CC1. The maximum atomic E-state index is 13.4. The number of nitrogens with one attached hydrogen (secondary N) is 1. The molecular weight excluding hydrogens is 456 g/mol. The topological polar surface area (TPSA) is 82.2 Å². The predicted octanol–water partition coefficient (Wildman–Crippen LogP) is 2.71. The van der Waals surface area contributed by atoms with E-state index >= 15 is 0 Å². The lowest BCUT2D eigenvalue weighted by Crippen LogP contribution is -2.52. The van der Waals surface area contributed by atoms with Crippen molar-refractivity contribution in [1.82, 2.24) is 20.0 Å². The molecule has 4 amide bonds. The van der Waals surface area contributed by atoms with Crippen LogP contribution in [0.3, 0.4) is 0 Å². The summed E-state index contributed by atoms with van der Waals surface area (Å²) in [5.41, 5.74) is 0.754. The Bertz CT molecular complexity index is 1340. The quantitative estimate of drug-likeness (QED) is 0.576. The highest BCUT2D eigenvalue weighted by atomic mass is 16.5. The zero-order valence-corrected chi connectivity index (χ0v) is 20.0. The maximum Gasteiger partial charge on any atom is 0.325 e. The normalized spacial score (nSPS) is 22.0. The third kappa shape index (κ3) is 3.78. The fourth-order valence-corrected chi connectivity index (χ4v) is 5.58. The third-order valence-corrected chi connectivity index (χ3v) is 7.55. The van der Waals surface area contributed by atoms with Gasteiger partial charge < -0.3 is 15.0 Å². The standard InChI is InChI=1S/C28H28N4O4/c33-25(19-32-26(34)28(29-27(32)35)12-17-36-24-11-4-3-10-23(24)28)31-15-13-30(14-16-31)18-21-8-5-7-20-6-1-2-9-22(20)21/h1-11H,12-19H2,(H,29,35). The molecule has 2 fully saturated rings. The molecule has 8 nitrogen and oxygen atoms in total. The Balaban J connectivity index is 1.10. The molecule has 3 aliphatic rings. The first-order valence-corrected chi connectivity index (χ1v) is 12.4. The number of benzene rings is 3. The van der Waals surface area contributed by atoms with E-state index < -0.39 is 11.6 Å². The highest BCUT2D eigenvalue weighted by molar-refractivity contribution is 6.09. The van der Waals surface area contributed by atoms with Crippen LogP contribution in [0.1, 0.15) is 17.5 Å². The number of hydrogen-bond donors (Lipinski definition) is 1. The zero-order chi connectivity index (χ0) is 24.7. The van der Waals surface area contributed by atoms with Gasteiger partial charge in [-0.05, 0) is 22.4 Å². The number of piperazine rings is 1.